The molecule has 0 amide bonds. The highest BCUT2D eigenvalue weighted by molar-refractivity contribution is 8.00. The van der Waals surface area contributed by atoms with Gasteiger partial charge >= 0.3 is 0 Å². The molecular formula is C19H16OS. The minimum absolute atomic E-state index is 0.173. The van der Waals surface area contributed by atoms with Crippen molar-refractivity contribution in [1.82, 2.24) is 0 Å². The van der Waals surface area contributed by atoms with Crippen LogP contribution in [0, 0.1) is 6.92 Å². The average Bonchev–Trinajstić information content (AvgIpc) is 2.52. The third-order valence-corrected chi connectivity index (χ3v) is 4.42. The first-order valence-electron chi connectivity index (χ1n) is 6.94. The first-order valence-corrected chi connectivity index (χ1v) is 7.92. The molecule has 2 heteroatoms. The van der Waals surface area contributed by atoms with Gasteiger partial charge in [-0.05, 0) is 35.9 Å². The zero-order valence-electron chi connectivity index (χ0n) is 11.9. The van der Waals surface area contributed by atoms with Crippen LogP contribution in [0.15, 0.2) is 71.6 Å². The summed E-state index contributed by atoms with van der Waals surface area (Å²) in [5.41, 5.74) is 2.01. The van der Waals surface area contributed by atoms with Gasteiger partial charge in [-0.3, -0.25) is 4.79 Å². The minimum Gasteiger partial charge on any atom is -0.293 e. The Bertz CT molecular complexity index is 792. The van der Waals surface area contributed by atoms with Crippen molar-refractivity contribution in [3.63, 3.8) is 0 Å². The Balaban J connectivity index is 1.74. The third kappa shape index (κ3) is 3.34. The van der Waals surface area contributed by atoms with Crippen LogP contribution in [0.3, 0.4) is 0 Å². The Morgan fingerprint density at radius 1 is 0.905 bits per heavy atom. The van der Waals surface area contributed by atoms with Crippen molar-refractivity contribution in [1.29, 1.82) is 0 Å². The molecule has 104 valence electrons. The van der Waals surface area contributed by atoms with Gasteiger partial charge in [0, 0.05) is 10.5 Å². The van der Waals surface area contributed by atoms with Gasteiger partial charge in [-0.2, -0.15) is 0 Å². The summed E-state index contributed by atoms with van der Waals surface area (Å²) in [5.74, 6) is 0.647. The van der Waals surface area contributed by atoms with Crippen molar-refractivity contribution < 1.29 is 4.79 Å². The topological polar surface area (TPSA) is 17.1 Å². The van der Waals surface area contributed by atoms with E-state index in [1.54, 1.807) is 11.8 Å². The summed E-state index contributed by atoms with van der Waals surface area (Å²) in [6.45, 7) is 2.06. The fourth-order valence-corrected chi connectivity index (χ4v) is 3.21. The molecule has 3 aromatic carbocycles. The van der Waals surface area contributed by atoms with E-state index in [0.29, 0.717) is 5.75 Å². The number of benzene rings is 3. The molecule has 0 unspecified atom stereocenters. The number of carbonyl (C=O) groups is 1. The summed E-state index contributed by atoms with van der Waals surface area (Å²) in [6, 6.07) is 22.3. The molecule has 0 bridgehead atoms. The van der Waals surface area contributed by atoms with Crippen molar-refractivity contribution >= 4 is 28.3 Å². The highest BCUT2D eigenvalue weighted by Crippen LogP contribution is 2.22. The Labute approximate surface area is 129 Å². The van der Waals surface area contributed by atoms with Gasteiger partial charge in [-0.25, -0.2) is 0 Å². The first kappa shape index (κ1) is 13.9. The van der Waals surface area contributed by atoms with Crippen LogP contribution in [-0.4, -0.2) is 11.5 Å². The van der Waals surface area contributed by atoms with E-state index in [1.807, 2.05) is 48.5 Å². The lowest BCUT2D eigenvalue weighted by Crippen LogP contribution is -2.02. The highest BCUT2D eigenvalue weighted by atomic mass is 32.2. The second kappa shape index (κ2) is 6.15. The first-order chi connectivity index (χ1) is 10.2. The monoisotopic (exact) mass is 292 g/mol. The summed E-state index contributed by atoms with van der Waals surface area (Å²) in [7, 11) is 0. The quantitative estimate of drug-likeness (QED) is 0.490. The summed E-state index contributed by atoms with van der Waals surface area (Å²) in [4.78, 5) is 13.5. The van der Waals surface area contributed by atoms with Crippen LogP contribution in [0.2, 0.25) is 0 Å². The molecular weight excluding hydrogens is 276 g/mol. The van der Waals surface area contributed by atoms with E-state index >= 15 is 0 Å². The number of rotatable bonds is 4. The van der Waals surface area contributed by atoms with Gasteiger partial charge in [0.25, 0.3) is 0 Å². The lowest BCUT2D eigenvalue weighted by atomic mass is 10.1. The van der Waals surface area contributed by atoms with Gasteiger partial charge in [0.05, 0.1) is 5.75 Å². The largest absolute Gasteiger partial charge is 0.293 e. The van der Waals surface area contributed by atoms with Gasteiger partial charge in [0.2, 0.25) is 0 Å². The molecule has 0 radical (unpaired) electrons. The maximum Gasteiger partial charge on any atom is 0.173 e. The van der Waals surface area contributed by atoms with Crippen LogP contribution in [0.4, 0.5) is 0 Å². The Morgan fingerprint density at radius 2 is 1.71 bits per heavy atom. The zero-order valence-corrected chi connectivity index (χ0v) is 12.7. The fourth-order valence-electron chi connectivity index (χ4n) is 2.30. The predicted octanol–water partition coefficient (Wildman–Crippen LogP) is 5.12. The Kier molecular flexibility index (Phi) is 4.07. The van der Waals surface area contributed by atoms with Gasteiger partial charge in [0.15, 0.2) is 5.78 Å². The molecule has 0 atom stereocenters. The molecule has 3 rings (SSSR count). The number of thioether (sulfide) groups is 1. The number of aryl methyl sites for hydroxylation is 1. The van der Waals surface area contributed by atoms with E-state index < -0.39 is 0 Å². The van der Waals surface area contributed by atoms with Crippen LogP contribution in [0.25, 0.3) is 10.8 Å². The molecule has 0 aliphatic rings. The SMILES string of the molecule is Cc1cccc(SCC(=O)c2ccc3ccccc3c2)c1. The van der Waals surface area contributed by atoms with Crippen molar-refractivity contribution in [2.24, 2.45) is 0 Å². The van der Waals surface area contributed by atoms with E-state index in [2.05, 4.69) is 25.1 Å². The Hall–Kier alpha value is -2.06. The molecule has 0 aromatic heterocycles. The molecule has 0 N–H and O–H groups in total. The minimum atomic E-state index is 0.173. The molecule has 21 heavy (non-hydrogen) atoms. The van der Waals surface area contributed by atoms with Crippen molar-refractivity contribution in [2.45, 2.75) is 11.8 Å². The Morgan fingerprint density at radius 3 is 2.52 bits per heavy atom. The predicted molar refractivity (Wildman–Crippen MR) is 90.2 cm³/mol. The second-order valence-electron chi connectivity index (χ2n) is 5.09. The number of Topliss-reactive ketones (excluding diaryl/α,β-unsaturated/α-hetero) is 1. The lowest BCUT2D eigenvalue weighted by Gasteiger charge is -2.04. The number of ketones is 1. The summed E-state index contributed by atoms with van der Waals surface area (Å²) < 4.78 is 0. The van der Waals surface area contributed by atoms with Crippen LogP contribution >= 0.6 is 11.8 Å². The summed E-state index contributed by atoms with van der Waals surface area (Å²) in [6.07, 6.45) is 0. The summed E-state index contributed by atoms with van der Waals surface area (Å²) in [5, 5.41) is 2.28. The molecule has 1 nitrogen and oxygen atoms in total. The average molecular weight is 292 g/mol. The van der Waals surface area contributed by atoms with E-state index in [-0.39, 0.29) is 5.78 Å². The number of hydrogen-bond donors (Lipinski definition) is 0. The number of carbonyl (C=O) groups excluding carboxylic acids is 1. The van der Waals surface area contributed by atoms with Crippen molar-refractivity contribution in [3.8, 4) is 0 Å². The molecule has 3 aromatic rings. The summed E-state index contributed by atoms with van der Waals surface area (Å²) >= 11 is 1.59. The van der Waals surface area contributed by atoms with E-state index in [0.717, 1.165) is 15.8 Å². The lowest BCUT2D eigenvalue weighted by molar-refractivity contribution is 0.102. The molecule has 0 saturated heterocycles. The van der Waals surface area contributed by atoms with Crippen LogP contribution in [0.5, 0.6) is 0 Å². The second-order valence-corrected chi connectivity index (χ2v) is 6.14. The third-order valence-electron chi connectivity index (χ3n) is 3.43. The zero-order chi connectivity index (χ0) is 14.7. The number of fused-ring (bicyclic) bond motifs is 1. The normalized spacial score (nSPS) is 10.7. The molecule has 0 aliphatic heterocycles. The molecule has 0 spiro atoms. The standard InChI is InChI=1S/C19H16OS/c1-14-5-4-8-18(11-14)21-13-19(20)17-10-9-15-6-2-3-7-16(15)12-17/h2-12H,13H2,1H3. The van der Waals surface area contributed by atoms with Crippen LogP contribution in [-0.2, 0) is 0 Å². The fraction of sp³-hybridized carbons (Fsp3) is 0.105. The molecule has 0 heterocycles. The van der Waals surface area contributed by atoms with Gasteiger partial charge in [-0.15, -0.1) is 11.8 Å². The number of hydrogen-bond acceptors (Lipinski definition) is 2. The highest BCUT2D eigenvalue weighted by Gasteiger charge is 2.07. The maximum atomic E-state index is 12.3. The van der Waals surface area contributed by atoms with Gasteiger partial charge in [-0.1, -0.05) is 54.1 Å². The van der Waals surface area contributed by atoms with Crippen molar-refractivity contribution in [3.05, 3.63) is 77.9 Å². The molecule has 0 fully saturated rings. The molecule has 0 saturated carbocycles. The van der Waals surface area contributed by atoms with Crippen LogP contribution in [0.1, 0.15) is 15.9 Å². The van der Waals surface area contributed by atoms with Crippen molar-refractivity contribution in [2.75, 3.05) is 5.75 Å². The molecule has 0 aliphatic carbocycles. The van der Waals surface area contributed by atoms with E-state index in [9.17, 15) is 4.79 Å². The van der Waals surface area contributed by atoms with E-state index in [4.69, 9.17) is 0 Å². The smallest absolute Gasteiger partial charge is 0.173 e. The van der Waals surface area contributed by atoms with Gasteiger partial charge < -0.3 is 0 Å². The maximum absolute atomic E-state index is 12.3. The van der Waals surface area contributed by atoms with E-state index in [1.165, 1.54) is 10.9 Å². The van der Waals surface area contributed by atoms with Crippen LogP contribution < -0.4 is 0 Å². The van der Waals surface area contributed by atoms with Gasteiger partial charge in [0.1, 0.15) is 0 Å².